The Morgan fingerprint density at radius 3 is 2.61 bits per heavy atom. The van der Waals surface area contributed by atoms with Crippen molar-refractivity contribution in [3.8, 4) is 17.0 Å². The Hall–Kier alpha value is -4.13. The predicted octanol–water partition coefficient (Wildman–Crippen LogP) is 5.36. The van der Waals surface area contributed by atoms with Crippen LogP contribution in [0.15, 0.2) is 36.7 Å². The number of carbonyl (C=O) groups is 1. The normalized spacial score (nSPS) is 14.2. The Kier molecular flexibility index (Phi) is 7.38. The monoisotopic (exact) mass is 489 g/mol. The molecule has 10 nitrogen and oxygen atoms in total. The highest BCUT2D eigenvalue weighted by atomic mass is 16.6. The molecule has 0 radical (unpaired) electrons. The lowest BCUT2D eigenvalue weighted by molar-refractivity contribution is 0.0184. The molecule has 0 saturated carbocycles. The molecule has 0 unspecified atom stereocenters. The van der Waals surface area contributed by atoms with E-state index in [0.717, 1.165) is 36.3 Å². The topological polar surface area (TPSA) is 110 Å². The number of rotatable bonds is 6. The van der Waals surface area contributed by atoms with E-state index in [1.54, 1.807) is 12.0 Å². The smallest absolute Gasteiger partial charge is 0.410 e. The van der Waals surface area contributed by atoms with Crippen LogP contribution >= 0.6 is 0 Å². The summed E-state index contributed by atoms with van der Waals surface area (Å²) in [7, 11) is 1.66. The number of piperidine rings is 1. The van der Waals surface area contributed by atoms with Crippen molar-refractivity contribution in [1.82, 2.24) is 25.1 Å². The van der Waals surface area contributed by atoms with Crippen molar-refractivity contribution in [3.05, 3.63) is 53.6 Å². The molecule has 1 fully saturated rings. The van der Waals surface area contributed by atoms with Crippen molar-refractivity contribution in [2.75, 3.05) is 25.5 Å². The third-order valence-corrected chi connectivity index (χ3v) is 5.93. The van der Waals surface area contributed by atoms with Gasteiger partial charge in [-0.05, 0) is 63.6 Å². The maximum atomic E-state index is 12.3. The van der Waals surface area contributed by atoms with Gasteiger partial charge in [-0.15, -0.1) is 4.98 Å². The maximum Gasteiger partial charge on any atom is 0.410 e. The molecule has 188 valence electrons. The van der Waals surface area contributed by atoms with Gasteiger partial charge in [-0.1, -0.05) is 12.6 Å². The number of nitrogens with zero attached hydrogens (tertiary/aromatic N) is 5. The van der Waals surface area contributed by atoms with Gasteiger partial charge < -0.3 is 24.5 Å². The number of benzene rings is 1. The van der Waals surface area contributed by atoms with E-state index in [4.69, 9.17) is 16.0 Å². The van der Waals surface area contributed by atoms with E-state index in [0.29, 0.717) is 30.6 Å². The molecule has 1 aliphatic rings. The Morgan fingerprint density at radius 1 is 1.19 bits per heavy atom. The lowest BCUT2D eigenvalue weighted by atomic mass is 9.89. The summed E-state index contributed by atoms with van der Waals surface area (Å²) in [6.45, 7) is 14.1. The van der Waals surface area contributed by atoms with Gasteiger partial charge in [-0.2, -0.15) is 5.10 Å². The molecule has 4 rings (SSSR count). The van der Waals surface area contributed by atoms with Gasteiger partial charge in [-0.3, -0.25) is 5.10 Å². The average Bonchev–Trinajstić information content (AvgIpc) is 3.32. The Morgan fingerprint density at radius 2 is 1.97 bits per heavy atom. The minimum atomic E-state index is -0.476. The molecule has 1 aliphatic heterocycles. The molecule has 0 bridgehead atoms. The molecule has 0 aliphatic carbocycles. The zero-order valence-electron chi connectivity index (χ0n) is 21.0. The number of carbonyl (C=O) groups excluding carboxylic acids is 1. The van der Waals surface area contributed by atoms with Gasteiger partial charge >= 0.3 is 6.09 Å². The minimum absolute atomic E-state index is 0.229. The van der Waals surface area contributed by atoms with Gasteiger partial charge in [-0.25, -0.2) is 9.78 Å². The molecular formula is C26H31N7O3. The van der Waals surface area contributed by atoms with Crippen molar-refractivity contribution in [2.24, 2.45) is 5.92 Å². The first-order chi connectivity index (χ1) is 17.2. The Labute approximate surface area is 210 Å². The molecule has 10 heteroatoms. The fraction of sp³-hybridized carbons (Fsp3) is 0.423. The summed E-state index contributed by atoms with van der Waals surface area (Å²) in [5.41, 5.74) is 2.42. The molecule has 3 aromatic rings. The SMILES string of the molecule is [C-]#[N+]c1cnc(Nc2cc(-c3ccc(CC4CCN(C(=O)OC(C)(C)C)CC4)cc3OC)[nH]n2)cn1. The van der Waals surface area contributed by atoms with Gasteiger partial charge in [0, 0.05) is 24.7 Å². The number of H-pyrrole nitrogens is 1. The van der Waals surface area contributed by atoms with E-state index in [1.807, 2.05) is 32.9 Å². The van der Waals surface area contributed by atoms with Gasteiger partial charge in [0.1, 0.15) is 11.4 Å². The van der Waals surface area contributed by atoms with Crippen LogP contribution in [0.3, 0.4) is 0 Å². The van der Waals surface area contributed by atoms with E-state index < -0.39 is 5.60 Å². The molecule has 1 amide bonds. The number of nitrogens with one attached hydrogen (secondary N) is 2. The molecule has 3 heterocycles. The van der Waals surface area contributed by atoms with Crippen LogP contribution in [-0.2, 0) is 11.2 Å². The minimum Gasteiger partial charge on any atom is -0.496 e. The van der Waals surface area contributed by atoms with Crippen molar-refractivity contribution in [2.45, 2.75) is 45.6 Å². The van der Waals surface area contributed by atoms with Crippen LogP contribution in [-0.4, -0.2) is 57.0 Å². The number of hydrogen-bond acceptors (Lipinski definition) is 7. The summed E-state index contributed by atoms with van der Waals surface area (Å²) in [6.07, 6.45) is 5.49. The summed E-state index contributed by atoms with van der Waals surface area (Å²) in [4.78, 5) is 25.5. The van der Waals surface area contributed by atoms with Crippen LogP contribution in [0.2, 0.25) is 0 Å². The third-order valence-electron chi connectivity index (χ3n) is 5.93. The fourth-order valence-corrected chi connectivity index (χ4v) is 4.16. The van der Waals surface area contributed by atoms with Crippen molar-refractivity contribution < 1.29 is 14.3 Å². The van der Waals surface area contributed by atoms with E-state index in [-0.39, 0.29) is 11.9 Å². The second-order valence-corrected chi connectivity index (χ2v) is 9.81. The maximum absolute atomic E-state index is 12.3. The first kappa shape index (κ1) is 25.0. The molecule has 1 saturated heterocycles. The largest absolute Gasteiger partial charge is 0.496 e. The summed E-state index contributed by atoms with van der Waals surface area (Å²) < 4.78 is 11.2. The van der Waals surface area contributed by atoms with Gasteiger partial charge in [0.05, 0.1) is 19.0 Å². The van der Waals surface area contributed by atoms with Crippen molar-refractivity contribution in [3.63, 3.8) is 0 Å². The van der Waals surface area contributed by atoms with Crippen LogP contribution in [0.5, 0.6) is 5.75 Å². The second-order valence-electron chi connectivity index (χ2n) is 9.81. The van der Waals surface area contributed by atoms with Crippen LogP contribution in [0.1, 0.15) is 39.2 Å². The number of hydrogen-bond donors (Lipinski definition) is 2. The number of ether oxygens (including phenoxy) is 2. The van der Waals surface area contributed by atoms with E-state index in [1.165, 1.54) is 18.0 Å². The Bertz CT molecular complexity index is 1230. The first-order valence-electron chi connectivity index (χ1n) is 11.9. The van der Waals surface area contributed by atoms with Crippen molar-refractivity contribution in [1.29, 1.82) is 0 Å². The summed E-state index contributed by atoms with van der Waals surface area (Å²) >= 11 is 0. The zero-order valence-corrected chi connectivity index (χ0v) is 21.0. The molecule has 36 heavy (non-hydrogen) atoms. The molecule has 2 aromatic heterocycles. The summed E-state index contributed by atoms with van der Waals surface area (Å²) in [5.74, 6) is 2.58. The van der Waals surface area contributed by atoms with E-state index >= 15 is 0 Å². The highest BCUT2D eigenvalue weighted by Gasteiger charge is 2.27. The number of likely N-dealkylation sites (tertiary alicyclic amines) is 1. The third kappa shape index (κ3) is 6.30. The summed E-state index contributed by atoms with van der Waals surface area (Å²) in [5, 5.41) is 10.4. The molecule has 0 spiro atoms. The number of amides is 1. The first-order valence-corrected chi connectivity index (χ1v) is 11.9. The molecule has 2 N–H and O–H groups in total. The lowest BCUT2D eigenvalue weighted by Crippen LogP contribution is -2.42. The van der Waals surface area contributed by atoms with Crippen LogP contribution in [0.4, 0.5) is 22.2 Å². The van der Waals surface area contributed by atoms with Crippen LogP contribution in [0.25, 0.3) is 16.1 Å². The Balaban J connectivity index is 1.37. The number of aromatic nitrogens is 4. The summed E-state index contributed by atoms with van der Waals surface area (Å²) in [6, 6.07) is 8.08. The van der Waals surface area contributed by atoms with Gasteiger partial charge in [0.2, 0.25) is 0 Å². The number of methoxy groups -OCH3 is 1. The van der Waals surface area contributed by atoms with Gasteiger partial charge in [0.15, 0.2) is 17.8 Å². The highest BCUT2D eigenvalue weighted by Crippen LogP contribution is 2.33. The van der Waals surface area contributed by atoms with Crippen LogP contribution in [0, 0.1) is 12.5 Å². The van der Waals surface area contributed by atoms with Crippen LogP contribution < -0.4 is 10.1 Å². The predicted molar refractivity (Wildman–Crippen MR) is 136 cm³/mol. The number of anilines is 2. The molecule has 1 aromatic carbocycles. The van der Waals surface area contributed by atoms with E-state index in [2.05, 4.69) is 42.5 Å². The molecule has 0 atom stereocenters. The van der Waals surface area contributed by atoms with E-state index in [9.17, 15) is 4.79 Å². The zero-order chi connectivity index (χ0) is 25.7. The molecular weight excluding hydrogens is 458 g/mol. The lowest BCUT2D eigenvalue weighted by Gasteiger charge is -2.33. The highest BCUT2D eigenvalue weighted by molar-refractivity contribution is 5.71. The standard InChI is InChI=1S/C26H31N7O3/c1-26(2,3)36-25(34)33-10-8-17(9-11-33)12-18-6-7-19(21(13-18)35-5)20-14-22(32-31-20)30-24-16-28-23(27-4)15-29-24/h6-7,13-17H,8-12H2,1-3,5H3,(H2,29,30,31,32). The van der Waals surface area contributed by atoms with Gasteiger partial charge in [0.25, 0.3) is 5.82 Å². The van der Waals surface area contributed by atoms with Crippen molar-refractivity contribution >= 4 is 23.5 Å². The quantitative estimate of drug-likeness (QED) is 0.449. The fourth-order valence-electron chi connectivity index (χ4n) is 4.16. The second kappa shape index (κ2) is 10.6. The average molecular weight is 490 g/mol. The number of aromatic amines is 1.